The Labute approximate surface area is 97.6 Å². The van der Waals surface area contributed by atoms with E-state index in [1.807, 2.05) is 4.90 Å². The number of nitrogens with one attached hydrogen (secondary N) is 1. The quantitative estimate of drug-likeness (QED) is 0.538. The second-order valence-corrected chi connectivity index (χ2v) is 3.95. The Kier molecular flexibility index (Phi) is 6.85. The van der Waals surface area contributed by atoms with E-state index in [1.54, 1.807) is 6.08 Å². The van der Waals surface area contributed by atoms with E-state index < -0.39 is 0 Å². The molecule has 1 amide bonds. The molecule has 0 spiro atoms. The molecule has 92 valence electrons. The van der Waals surface area contributed by atoms with Gasteiger partial charge in [0, 0.05) is 32.7 Å². The number of carbonyl (C=O) groups excluding carboxylic acids is 1. The van der Waals surface area contributed by atoms with Gasteiger partial charge in [0.15, 0.2) is 0 Å². The maximum atomic E-state index is 11.8. The van der Waals surface area contributed by atoms with E-state index in [9.17, 15) is 4.79 Å². The van der Waals surface area contributed by atoms with Crippen LogP contribution in [0, 0.1) is 0 Å². The van der Waals surface area contributed by atoms with Gasteiger partial charge in [0.25, 0.3) is 0 Å². The first-order chi connectivity index (χ1) is 7.84. The molecule has 1 fully saturated rings. The summed E-state index contributed by atoms with van der Waals surface area (Å²) in [4.78, 5) is 13.8. The molecule has 16 heavy (non-hydrogen) atoms. The van der Waals surface area contributed by atoms with E-state index in [4.69, 9.17) is 4.74 Å². The third-order valence-corrected chi connectivity index (χ3v) is 2.61. The van der Waals surface area contributed by atoms with Gasteiger partial charge < -0.3 is 15.0 Å². The third-order valence-electron chi connectivity index (χ3n) is 2.61. The molecule has 0 radical (unpaired) electrons. The zero-order chi connectivity index (χ0) is 11.6. The van der Waals surface area contributed by atoms with Crippen LogP contribution in [0.1, 0.15) is 19.3 Å². The molecule has 0 aromatic rings. The van der Waals surface area contributed by atoms with Gasteiger partial charge in [0.1, 0.15) is 0 Å². The second kappa shape index (κ2) is 8.30. The van der Waals surface area contributed by atoms with Gasteiger partial charge in [-0.25, -0.2) is 0 Å². The van der Waals surface area contributed by atoms with E-state index >= 15 is 0 Å². The highest BCUT2D eigenvalue weighted by atomic mass is 16.5. The van der Waals surface area contributed by atoms with Crippen LogP contribution in [-0.4, -0.2) is 50.2 Å². The van der Waals surface area contributed by atoms with Crippen LogP contribution in [0.25, 0.3) is 0 Å². The van der Waals surface area contributed by atoms with Crippen LogP contribution in [0.4, 0.5) is 0 Å². The maximum absolute atomic E-state index is 11.8. The largest absolute Gasteiger partial charge is 0.377 e. The Morgan fingerprint density at radius 1 is 1.44 bits per heavy atom. The fourth-order valence-electron chi connectivity index (χ4n) is 1.75. The molecule has 4 heteroatoms. The maximum Gasteiger partial charge on any atom is 0.222 e. The van der Waals surface area contributed by atoms with Crippen molar-refractivity contribution in [3.8, 4) is 0 Å². The van der Waals surface area contributed by atoms with Crippen LogP contribution in [0.2, 0.25) is 0 Å². The summed E-state index contributed by atoms with van der Waals surface area (Å²) in [5.74, 6) is 0.255. The van der Waals surface area contributed by atoms with Gasteiger partial charge in [0.2, 0.25) is 5.91 Å². The number of hydrogen-bond acceptors (Lipinski definition) is 3. The van der Waals surface area contributed by atoms with Crippen molar-refractivity contribution >= 4 is 5.91 Å². The lowest BCUT2D eigenvalue weighted by atomic mass is 10.2. The van der Waals surface area contributed by atoms with Gasteiger partial charge in [-0.2, -0.15) is 0 Å². The summed E-state index contributed by atoms with van der Waals surface area (Å²) in [6.07, 6.45) is 4.18. The zero-order valence-corrected chi connectivity index (χ0v) is 9.91. The molecule has 0 bridgehead atoms. The smallest absolute Gasteiger partial charge is 0.222 e. The lowest BCUT2D eigenvalue weighted by Crippen LogP contribution is -2.34. The zero-order valence-electron chi connectivity index (χ0n) is 9.91. The molecule has 0 aromatic heterocycles. The molecule has 4 nitrogen and oxygen atoms in total. The van der Waals surface area contributed by atoms with Crippen LogP contribution in [0.15, 0.2) is 12.7 Å². The van der Waals surface area contributed by atoms with Crippen molar-refractivity contribution in [2.45, 2.75) is 19.3 Å². The van der Waals surface area contributed by atoms with Gasteiger partial charge in [0.05, 0.1) is 6.61 Å². The molecular weight excluding hydrogens is 204 g/mol. The summed E-state index contributed by atoms with van der Waals surface area (Å²) in [7, 11) is 0. The van der Waals surface area contributed by atoms with Crippen LogP contribution in [-0.2, 0) is 9.53 Å². The summed E-state index contributed by atoms with van der Waals surface area (Å²) in [6.45, 7) is 8.45. The monoisotopic (exact) mass is 226 g/mol. The number of hydrogen-bond donors (Lipinski definition) is 1. The van der Waals surface area contributed by atoms with Crippen molar-refractivity contribution in [3.05, 3.63) is 12.7 Å². The van der Waals surface area contributed by atoms with Gasteiger partial charge in [-0.1, -0.05) is 6.08 Å². The van der Waals surface area contributed by atoms with E-state index in [0.29, 0.717) is 19.6 Å². The predicted molar refractivity (Wildman–Crippen MR) is 64.3 cm³/mol. The molecule has 1 rings (SSSR count). The minimum absolute atomic E-state index is 0.255. The number of carbonyl (C=O) groups is 1. The van der Waals surface area contributed by atoms with Gasteiger partial charge in [-0.3, -0.25) is 4.79 Å². The summed E-state index contributed by atoms with van der Waals surface area (Å²) in [5.41, 5.74) is 0. The normalized spacial score (nSPS) is 16.9. The number of amides is 1. The third kappa shape index (κ3) is 5.28. The molecule has 0 unspecified atom stereocenters. The first-order valence-electron chi connectivity index (χ1n) is 6.01. The molecule has 0 saturated carbocycles. The van der Waals surface area contributed by atoms with Crippen LogP contribution < -0.4 is 5.32 Å². The van der Waals surface area contributed by atoms with E-state index in [1.165, 1.54) is 0 Å². The Balaban J connectivity index is 2.10. The minimum atomic E-state index is 0.255. The molecular formula is C12H22N2O2. The average Bonchev–Trinajstić information content (AvgIpc) is 2.57. The Morgan fingerprint density at radius 3 is 3.12 bits per heavy atom. The highest BCUT2D eigenvalue weighted by Gasteiger charge is 2.14. The Bertz CT molecular complexity index is 211. The van der Waals surface area contributed by atoms with Crippen molar-refractivity contribution in [1.29, 1.82) is 0 Å². The Hall–Kier alpha value is -0.870. The van der Waals surface area contributed by atoms with E-state index in [2.05, 4.69) is 11.9 Å². The van der Waals surface area contributed by atoms with E-state index in [0.717, 1.165) is 39.0 Å². The molecule has 1 aliphatic heterocycles. The number of ether oxygens (including phenoxy) is 1. The van der Waals surface area contributed by atoms with Gasteiger partial charge in [-0.15, -0.1) is 6.58 Å². The lowest BCUT2D eigenvalue weighted by molar-refractivity contribution is -0.131. The first kappa shape index (κ1) is 13.2. The lowest BCUT2D eigenvalue weighted by Gasteiger charge is -2.19. The van der Waals surface area contributed by atoms with Gasteiger partial charge >= 0.3 is 0 Å². The fraction of sp³-hybridized carbons (Fsp3) is 0.750. The molecule has 0 aromatic carbocycles. The molecule has 1 heterocycles. The second-order valence-electron chi connectivity index (χ2n) is 3.95. The standard InChI is InChI=1S/C12H22N2O2/c1-2-10-16-11-3-5-12(15)14-8-4-6-13-7-9-14/h2,13H,1,3-11H2. The SMILES string of the molecule is C=CCOCCCC(=O)N1CCCNCC1. The van der Waals surface area contributed by atoms with Gasteiger partial charge in [-0.05, 0) is 19.4 Å². The molecule has 1 saturated heterocycles. The van der Waals surface area contributed by atoms with Crippen molar-refractivity contribution in [3.63, 3.8) is 0 Å². The summed E-state index contributed by atoms with van der Waals surface area (Å²) in [5, 5.41) is 3.29. The van der Waals surface area contributed by atoms with Crippen LogP contribution in [0.3, 0.4) is 0 Å². The Morgan fingerprint density at radius 2 is 2.31 bits per heavy atom. The number of nitrogens with zero attached hydrogens (tertiary/aromatic N) is 1. The minimum Gasteiger partial charge on any atom is -0.377 e. The summed E-state index contributed by atoms with van der Waals surface area (Å²) >= 11 is 0. The summed E-state index contributed by atoms with van der Waals surface area (Å²) in [6, 6.07) is 0. The van der Waals surface area contributed by atoms with Crippen molar-refractivity contribution in [2.75, 3.05) is 39.4 Å². The van der Waals surface area contributed by atoms with Crippen molar-refractivity contribution in [2.24, 2.45) is 0 Å². The molecule has 1 N–H and O–H groups in total. The molecule has 0 atom stereocenters. The predicted octanol–water partition coefficient (Wildman–Crippen LogP) is 0.791. The fourth-order valence-corrected chi connectivity index (χ4v) is 1.75. The topological polar surface area (TPSA) is 41.6 Å². The average molecular weight is 226 g/mol. The molecule has 1 aliphatic rings. The van der Waals surface area contributed by atoms with Crippen molar-refractivity contribution < 1.29 is 9.53 Å². The number of rotatable bonds is 6. The van der Waals surface area contributed by atoms with Crippen LogP contribution >= 0.6 is 0 Å². The molecule has 0 aliphatic carbocycles. The summed E-state index contributed by atoms with van der Waals surface area (Å²) < 4.78 is 5.24. The van der Waals surface area contributed by atoms with Crippen molar-refractivity contribution in [1.82, 2.24) is 10.2 Å². The van der Waals surface area contributed by atoms with E-state index in [-0.39, 0.29) is 5.91 Å². The first-order valence-corrected chi connectivity index (χ1v) is 6.01. The van der Waals surface area contributed by atoms with Crippen LogP contribution in [0.5, 0.6) is 0 Å². The highest BCUT2D eigenvalue weighted by Crippen LogP contribution is 2.01. The highest BCUT2D eigenvalue weighted by molar-refractivity contribution is 5.76.